The molecule has 0 aromatic heterocycles. The van der Waals surface area contributed by atoms with Crippen LogP contribution in [0.25, 0.3) is 0 Å². The van der Waals surface area contributed by atoms with Crippen molar-refractivity contribution in [2.24, 2.45) is 0 Å². The highest BCUT2D eigenvalue weighted by Crippen LogP contribution is 2.01. The molecule has 0 unspecified atom stereocenters. The zero-order chi connectivity index (χ0) is 8.65. The summed E-state index contributed by atoms with van der Waals surface area (Å²) in [5.41, 5.74) is 1.44. The smallest absolute Gasteiger partial charge is 0.0479 e. The van der Waals surface area contributed by atoms with Crippen LogP contribution < -0.4 is 5.32 Å². The van der Waals surface area contributed by atoms with Crippen LogP contribution in [0.3, 0.4) is 0 Å². The summed E-state index contributed by atoms with van der Waals surface area (Å²) in [5, 5.41) is 3.31. The molecule has 1 nitrogen and oxygen atoms in total. The minimum atomic E-state index is 1.05. The molecule has 0 aliphatic rings. The van der Waals surface area contributed by atoms with E-state index in [4.69, 9.17) is 0 Å². The third kappa shape index (κ3) is 4.07. The molecule has 0 aliphatic carbocycles. The van der Waals surface area contributed by atoms with E-state index in [-0.39, 0.29) is 0 Å². The van der Waals surface area contributed by atoms with E-state index in [2.05, 4.69) is 58.2 Å². The Morgan fingerprint density at radius 1 is 1.17 bits per heavy atom. The molecule has 0 amide bonds. The lowest BCUT2D eigenvalue weighted by molar-refractivity contribution is 0.719. The maximum absolute atomic E-state index is 3.31. The zero-order valence-electron chi connectivity index (χ0n) is 7.09. The molecule has 0 heterocycles. The van der Waals surface area contributed by atoms with Crippen molar-refractivity contribution in [1.82, 2.24) is 5.32 Å². The minimum absolute atomic E-state index is 1.05. The van der Waals surface area contributed by atoms with Crippen LogP contribution in [-0.2, 0) is 6.42 Å². The first kappa shape index (κ1) is 9.99. The topological polar surface area (TPSA) is 12.0 Å². The van der Waals surface area contributed by atoms with Gasteiger partial charge in [-0.05, 0) is 24.9 Å². The van der Waals surface area contributed by atoms with Crippen molar-refractivity contribution in [2.45, 2.75) is 12.8 Å². The van der Waals surface area contributed by atoms with Crippen LogP contribution in [-0.4, -0.2) is 11.1 Å². The number of benzene rings is 1. The molecule has 0 fully saturated rings. The first-order chi connectivity index (χ1) is 5.93. The molecule has 1 rings (SSSR count). The van der Waals surface area contributed by atoms with Gasteiger partial charge in [-0.25, -0.2) is 0 Å². The standard InChI is InChI=1S/C10H14IN/c11-9-12-8-4-7-10-5-2-1-3-6-10/h1-3,5-6,12H,4,7-9H2. The minimum Gasteiger partial charge on any atom is -0.308 e. The third-order valence-corrected chi connectivity index (χ3v) is 2.30. The van der Waals surface area contributed by atoms with Crippen LogP contribution >= 0.6 is 22.6 Å². The van der Waals surface area contributed by atoms with Crippen LogP contribution in [0.5, 0.6) is 0 Å². The summed E-state index contributed by atoms with van der Waals surface area (Å²) in [6, 6.07) is 10.6. The largest absolute Gasteiger partial charge is 0.308 e. The summed E-state index contributed by atoms with van der Waals surface area (Å²) in [4.78, 5) is 0. The zero-order valence-corrected chi connectivity index (χ0v) is 9.25. The normalized spacial score (nSPS) is 10.1. The fourth-order valence-corrected chi connectivity index (χ4v) is 1.51. The molecule has 0 radical (unpaired) electrons. The number of rotatable bonds is 5. The van der Waals surface area contributed by atoms with E-state index in [0.717, 1.165) is 11.1 Å². The van der Waals surface area contributed by atoms with Gasteiger partial charge in [0.2, 0.25) is 0 Å². The average molecular weight is 275 g/mol. The van der Waals surface area contributed by atoms with Crippen molar-refractivity contribution in [2.75, 3.05) is 11.1 Å². The highest BCUT2D eigenvalue weighted by molar-refractivity contribution is 14.1. The van der Waals surface area contributed by atoms with Gasteiger partial charge < -0.3 is 5.32 Å². The van der Waals surface area contributed by atoms with Crippen molar-refractivity contribution in [3.05, 3.63) is 35.9 Å². The third-order valence-electron chi connectivity index (χ3n) is 1.76. The predicted molar refractivity (Wildman–Crippen MR) is 61.7 cm³/mol. The van der Waals surface area contributed by atoms with Crippen LogP contribution in [0.15, 0.2) is 30.3 Å². The van der Waals surface area contributed by atoms with Gasteiger partial charge in [0, 0.05) is 4.55 Å². The lowest BCUT2D eigenvalue weighted by Crippen LogP contribution is -2.12. The van der Waals surface area contributed by atoms with Crippen LogP contribution in [0.2, 0.25) is 0 Å². The highest BCUT2D eigenvalue weighted by Gasteiger charge is 1.90. The van der Waals surface area contributed by atoms with Gasteiger partial charge >= 0.3 is 0 Å². The molecule has 0 bridgehead atoms. The molecular formula is C10H14IN. The van der Waals surface area contributed by atoms with E-state index < -0.39 is 0 Å². The van der Waals surface area contributed by atoms with Gasteiger partial charge in [-0.15, -0.1) is 0 Å². The molecule has 2 heteroatoms. The van der Waals surface area contributed by atoms with Gasteiger partial charge in [0.25, 0.3) is 0 Å². The van der Waals surface area contributed by atoms with E-state index in [9.17, 15) is 0 Å². The fourth-order valence-electron chi connectivity index (χ4n) is 1.13. The lowest BCUT2D eigenvalue weighted by Gasteiger charge is -2.00. The molecular weight excluding hydrogens is 261 g/mol. The highest BCUT2D eigenvalue weighted by atomic mass is 127. The number of alkyl halides is 1. The number of hydrogen-bond donors (Lipinski definition) is 1. The van der Waals surface area contributed by atoms with Gasteiger partial charge in [-0.3, -0.25) is 0 Å². The quantitative estimate of drug-likeness (QED) is 0.377. The molecule has 0 saturated carbocycles. The first-order valence-electron chi connectivity index (χ1n) is 4.24. The SMILES string of the molecule is ICNCCCc1ccccc1. The van der Waals surface area contributed by atoms with Gasteiger partial charge in [0.1, 0.15) is 0 Å². The van der Waals surface area contributed by atoms with Crippen LogP contribution in [0.4, 0.5) is 0 Å². The summed E-state index contributed by atoms with van der Waals surface area (Å²) in [6.45, 7) is 1.12. The Hall–Kier alpha value is -0.0900. The van der Waals surface area contributed by atoms with E-state index in [1.807, 2.05) is 0 Å². The van der Waals surface area contributed by atoms with Crippen molar-refractivity contribution in [1.29, 1.82) is 0 Å². The Labute approximate surface area is 87.7 Å². The van der Waals surface area contributed by atoms with Gasteiger partial charge in [-0.1, -0.05) is 52.9 Å². The molecule has 1 N–H and O–H groups in total. The average Bonchev–Trinajstić information content (AvgIpc) is 2.14. The fraction of sp³-hybridized carbons (Fsp3) is 0.400. The van der Waals surface area contributed by atoms with Crippen molar-refractivity contribution < 1.29 is 0 Å². The summed E-state index contributed by atoms with van der Waals surface area (Å²) in [6.07, 6.45) is 2.41. The Morgan fingerprint density at radius 3 is 2.58 bits per heavy atom. The Bertz CT molecular complexity index is 198. The lowest BCUT2D eigenvalue weighted by atomic mass is 10.1. The van der Waals surface area contributed by atoms with Crippen molar-refractivity contribution in [3.63, 3.8) is 0 Å². The maximum Gasteiger partial charge on any atom is 0.0479 e. The summed E-state index contributed by atoms with van der Waals surface area (Å²) in [5.74, 6) is 0. The summed E-state index contributed by atoms with van der Waals surface area (Å²) < 4.78 is 1.05. The Morgan fingerprint density at radius 2 is 1.92 bits per heavy atom. The van der Waals surface area contributed by atoms with Gasteiger partial charge in [0.05, 0.1) is 0 Å². The molecule has 0 aliphatic heterocycles. The first-order valence-corrected chi connectivity index (χ1v) is 5.76. The van der Waals surface area contributed by atoms with E-state index in [1.54, 1.807) is 0 Å². The molecule has 66 valence electrons. The Kier molecular flexibility index (Phi) is 5.35. The number of nitrogens with one attached hydrogen (secondary N) is 1. The van der Waals surface area contributed by atoms with Gasteiger partial charge in [0.15, 0.2) is 0 Å². The molecule has 0 atom stereocenters. The molecule has 0 spiro atoms. The monoisotopic (exact) mass is 275 g/mol. The van der Waals surface area contributed by atoms with E-state index >= 15 is 0 Å². The number of aryl methyl sites for hydroxylation is 1. The molecule has 1 aromatic carbocycles. The van der Waals surface area contributed by atoms with Gasteiger partial charge in [-0.2, -0.15) is 0 Å². The summed E-state index contributed by atoms with van der Waals surface area (Å²) in [7, 11) is 0. The molecule has 1 aromatic rings. The second kappa shape index (κ2) is 6.43. The van der Waals surface area contributed by atoms with Crippen molar-refractivity contribution in [3.8, 4) is 0 Å². The van der Waals surface area contributed by atoms with Crippen LogP contribution in [0.1, 0.15) is 12.0 Å². The second-order valence-electron chi connectivity index (χ2n) is 2.72. The number of halogens is 1. The van der Waals surface area contributed by atoms with E-state index in [0.29, 0.717) is 0 Å². The molecule has 12 heavy (non-hydrogen) atoms. The number of hydrogen-bond acceptors (Lipinski definition) is 1. The molecule has 0 saturated heterocycles. The maximum atomic E-state index is 3.31. The summed E-state index contributed by atoms with van der Waals surface area (Å²) >= 11 is 2.33. The van der Waals surface area contributed by atoms with Crippen molar-refractivity contribution >= 4 is 22.6 Å². The van der Waals surface area contributed by atoms with E-state index in [1.165, 1.54) is 18.4 Å². The van der Waals surface area contributed by atoms with Crippen LogP contribution in [0, 0.1) is 0 Å². The predicted octanol–water partition coefficient (Wildman–Crippen LogP) is 2.60. The Balaban J connectivity index is 2.16. The second-order valence-corrected chi connectivity index (χ2v) is 3.49.